The fraction of sp³-hybridized carbons (Fsp3) is 0.333. The molecule has 0 aliphatic heterocycles. The minimum atomic E-state index is -0.246. The van der Waals surface area contributed by atoms with Gasteiger partial charge >= 0.3 is 0 Å². The molecule has 100 valence electrons. The first-order valence-corrected chi connectivity index (χ1v) is 6.42. The Bertz CT molecular complexity index is 658. The number of H-pyrrole nitrogens is 1. The maximum atomic E-state index is 12.1. The molecule has 1 unspecified atom stereocenters. The number of hydrogen-bond donors (Lipinski definition) is 2. The summed E-state index contributed by atoms with van der Waals surface area (Å²) in [6.07, 6.45) is 0. The van der Waals surface area contributed by atoms with Crippen LogP contribution in [-0.2, 0) is 0 Å². The Morgan fingerprint density at radius 3 is 2.58 bits per heavy atom. The Labute approximate surface area is 111 Å². The van der Waals surface area contributed by atoms with Gasteiger partial charge in [-0.15, -0.1) is 0 Å². The van der Waals surface area contributed by atoms with Crippen LogP contribution in [0.25, 0.3) is 10.8 Å². The van der Waals surface area contributed by atoms with Crippen molar-refractivity contribution in [3.63, 3.8) is 0 Å². The first-order valence-electron chi connectivity index (χ1n) is 6.42. The van der Waals surface area contributed by atoms with E-state index in [0.717, 1.165) is 5.39 Å². The van der Waals surface area contributed by atoms with E-state index in [-0.39, 0.29) is 17.5 Å². The van der Waals surface area contributed by atoms with Crippen LogP contribution in [-0.4, -0.2) is 16.9 Å². The molecule has 0 bridgehead atoms. The average Bonchev–Trinajstić information content (AvgIpc) is 2.38. The molecule has 19 heavy (non-hydrogen) atoms. The van der Waals surface area contributed by atoms with Crippen LogP contribution in [0.3, 0.4) is 0 Å². The topological polar surface area (TPSA) is 62.0 Å². The zero-order valence-corrected chi connectivity index (χ0v) is 11.4. The van der Waals surface area contributed by atoms with Gasteiger partial charge in [0.25, 0.3) is 11.5 Å². The normalized spacial score (nSPS) is 12.6. The van der Waals surface area contributed by atoms with E-state index < -0.39 is 0 Å². The molecule has 0 spiro atoms. The summed E-state index contributed by atoms with van der Waals surface area (Å²) in [5.41, 5.74) is 0.0663. The van der Waals surface area contributed by atoms with Crippen molar-refractivity contribution >= 4 is 16.7 Å². The summed E-state index contributed by atoms with van der Waals surface area (Å²) in [4.78, 5) is 26.6. The minimum absolute atomic E-state index is 0.0578. The lowest BCUT2D eigenvalue weighted by atomic mass is 10.1. The molecule has 0 saturated heterocycles. The summed E-state index contributed by atoms with van der Waals surface area (Å²) in [5.74, 6) is 0.0974. The van der Waals surface area contributed by atoms with Crippen LogP contribution >= 0.6 is 0 Å². The first kappa shape index (κ1) is 13.3. The van der Waals surface area contributed by atoms with Gasteiger partial charge in [0.2, 0.25) is 0 Å². The molecule has 4 heteroatoms. The van der Waals surface area contributed by atoms with E-state index in [0.29, 0.717) is 17.0 Å². The molecule has 0 fully saturated rings. The molecule has 2 N–H and O–H groups in total. The number of hydrogen-bond acceptors (Lipinski definition) is 2. The first-order chi connectivity index (χ1) is 8.99. The predicted octanol–water partition coefficient (Wildman–Crippen LogP) is 2.30. The molecule has 1 heterocycles. The fourth-order valence-electron chi connectivity index (χ4n) is 1.78. The number of aromatic amines is 1. The van der Waals surface area contributed by atoms with Crippen molar-refractivity contribution in [2.24, 2.45) is 5.92 Å². The zero-order valence-electron chi connectivity index (χ0n) is 11.4. The summed E-state index contributed by atoms with van der Waals surface area (Å²) in [7, 11) is 0. The van der Waals surface area contributed by atoms with Crippen LogP contribution in [0.15, 0.2) is 35.1 Å². The highest BCUT2D eigenvalue weighted by atomic mass is 16.2. The maximum Gasteiger partial charge on any atom is 0.268 e. The summed E-state index contributed by atoms with van der Waals surface area (Å²) in [5, 5.41) is 4.24. The smallest absolute Gasteiger partial charge is 0.268 e. The highest BCUT2D eigenvalue weighted by molar-refractivity contribution is 5.96. The largest absolute Gasteiger partial charge is 0.348 e. The van der Waals surface area contributed by atoms with E-state index in [4.69, 9.17) is 0 Å². The van der Waals surface area contributed by atoms with Gasteiger partial charge in [0.1, 0.15) is 5.69 Å². The van der Waals surface area contributed by atoms with Crippen molar-refractivity contribution in [3.05, 3.63) is 46.4 Å². The van der Waals surface area contributed by atoms with Gasteiger partial charge in [-0.2, -0.15) is 0 Å². The molecule has 1 aromatic carbocycles. The van der Waals surface area contributed by atoms with Crippen LogP contribution in [0.4, 0.5) is 0 Å². The van der Waals surface area contributed by atoms with E-state index in [1.807, 2.05) is 32.9 Å². The molecule has 2 rings (SSSR count). The highest BCUT2D eigenvalue weighted by Crippen LogP contribution is 2.10. The van der Waals surface area contributed by atoms with Gasteiger partial charge in [-0.1, -0.05) is 32.0 Å². The molecule has 2 aromatic rings. The SMILES string of the molecule is CC(C)C(C)NC(=O)c1cc2ccccc2c(=O)[nH]1. The molecule has 1 amide bonds. The Morgan fingerprint density at radius 1 is 1.21 bits per heavy atom. The van der Waals surface area contributed by atoms with Gasteiger partial charge in [0.05, 0.1) is 0 Å². The lowest BCUT2D eigenvalue weighted by Crippen LogP contribution is -2.37. The third-order valence-corrected chi connectivity index (χ3v) is 3.36. The summed E-state index contributed by atoms with van der Waals surface area (Å²) in [6.45, 7) is 6.02. The van der Waals surface area contributed by atoms with Gasteiger partial charge in [-0.05, 0) is 30.4 Å². The van der Waals surface area contributed by atoms with Gasteiger partial charge < -0.3 is 10.3 Å². The highest BCUT2D eigenvalue weighted by Gasteiger charge is 2.14. The molecule has 0 aliphatic carbocycles. The number of rotatable bonds is 3. The fourth-order valence-corrected chi connectivity index (χ4v) is 1.78. The van der Waals surface area contributed by atoms with Crippen molar-refractivity contribution in [2.45, 2.75) is 26.8 Å². The quantitative estimate of drug-likeness (QED) is 0.887. The van der Waals surface area contributed by atoms with Gasteiger partial charge in [0, 0.05) is 11.4 Å². The second kappa shape index (κ2) is 5.26. The maximum absolute atomic E-state index is 12.1. The summed E-state index contributed by atoms with van der Waals surface area (Å²) < 4.78 is 0. The number of amides is 1. The van der Waals surface area contributed by atoms with Gasteiger partial charge in [-0.3, -0.25) is 9.59 Å². The number of carbonyl (C=O) groups is 1. The zero-order chi connectivity index (χ0) is 14.0. The van der Waals surface area contributed by atoms with E-state index in [1.54, 1.807) is 18.2 Å². The average molecular weight is 258 g/mol. The molecular formula is C15H18N2O2. The lowest BCUT2D eigenvalue weighted by Gasteiger charge is -2.17. The second-order valence-electron chi connectivity index (χ2n) is 5.11. The third-order valence-electron chi connectivity index (χ3n) is 3.36. The molecule has 4 nitrogen and oxygen atoms in total. The monoisotopic (exact) mass is 258 g/mol. The Morgan fingerprint density at radius 2 is 1.89 bits per heavy atom. The van der Waals surface area contributed by atoms with Crippen molar-refractivity contribution in [2.75, 3.05) is 0 Å². The van der Waals surface area contributed by atoms with Crippen molar-refractivity contribution in [1.29, 1.82) is 0 Å². The van der Waals surface area contributed by atoms with Crippen LogP contribution in [0, 0.1) is 5.92 Å². The number of nitrogens with one attached hydrogen (secondary N) is 2. The Kier molecular flexibility index (Phi) is 3.69. The molecule has 0 aliphatic rings. The number of benzene rings is 1. The summed E-state index contributed by atoms with van der Waals surface area (Å²) >= 11 is 0. The number of carbonyl (C=O) groups excluding carboxylic acids is 1. The van der Waals surface area contributed by atoms with Gasteiger partial charge in [0.15, 0.2) is 0 Å². The molecular weight excluding hydrogens is 240 g/mol. The predicted molar refractivity (Wildman–Crippen MR) is 76.3 cm³/mol. The number of fused-ring (bicyclic) bond motifs is 1. The second-order valence-corrected chi connectivity index (χ2v) is 5.11. The standard InChI is InChI=1S/C15H18N2O2/c1-9(2)10(3)16-15(19)13-8-11-6-4-5-7-12(11)14(18)17-13/h4-10H,1-3H3,(H,16,19)(H,17,18). The minimum Gasteiger partial charge on any atom is -0.348 e. The summed E-state index contributed by atoms with van der Waals surface area (Å²) in [6, 6.07) is 8.99. The van der Waals surface area contributed by atoms with Crippen LogP contribution in [0.1, 0.15) is 31.3 Å². The third kappa shape index (κ3) is 2.84. The number of pyridine rings is 1. The van der Waals surface area contributed by atoms with Crippen molar-refractivity contribution < 1.29 is 4.79 Å². The Hall–Kier alpha value is -2.10. The van der Waals surface area contributed by atoms with Crippen LogP contribution < -0.4 is 10.9 Å². The molecule has 1 aromatic heterocycles. The van der Waals surface area contributed by atoms with Crippen LogP contribution in [0.2, 0.25) is 0 Å². The van der Waals surface area contributed by atoms with E-state index in [9.17, 15) is 9.59 Å². The van der Waals surface area contributed by atoms with Crippen LogP contribution in [0.5, 0.6) is 0 Å². The van der Waals surface area contributed by atoms with Crippen molar-refractivity contribution in [1.82, 2.24) is 10.3 Å². The molecule has 0 radical (unpaired) electrons. The van der Waals surface area contributed by atoms with E-state index >= 15 is 0 Å². The Balaban J connectivity index is 2.36. The molecule has 1 atom stereocenters. The van der Waals surface area contributed by atoms with E-state index in [1.165, 1.54) is 0 Å². The lowest BCUT2D eigenvalue weighted by molar-refractivity contribution is 0.0925. The molecule has 0 saturated carbocycles. The van der Waals surface area contributed by atoms with E-state index in [2.05, 4.69) is 10.3 Å². The van der Waals surface area contributed by atoms with Gasteiger partial charge in [-0.25, -0.2) is 0 Å². The van der Waals surface area contributed by atoms with Crippen molar-refractivity contribution in [3.8, 4) is 0 Å². The number of aromatic nitrogens is 1.